The van der Waals surface area contributed by atoms with Crippen LogP contribution in [0.2, 0.25) is 0 Å². The maximum Gasteiger partial charge on any atom is 0.481 e. The molecule has 1 aromatic heterocycles. The molecule has 151 valence electrons. The van der Waals surface area contributed by atoms with Crippen LogP contribution in [-0.4, -0.2) is 116 Å². The summed E-state index contributed by atoms with van der Waals surface area (Å²) in [6, 6.07) is 0. The second kappa shape index (κ2) is 12.0. The van der Waals surface area contributed by atoms with Gasteiger partial charge in [-0.25, -0.2) is 13.9 Å². The molecule has 1 aromatic rings. The molecular formula is C9H13FLi3N2O12P2. The van der Waals surface area contributed by atoms with Gasteiger partial charge in [0.15, 0.2) is 6.23 Å². The molecule has 1 fully saturated rings. The summed E-state index contributed by atoms with van der Waals surface area (Å²) in [4.78, 5) is 50.3. The molecule has 2 heterocycles. The van der Waals surface area contributed by atoms with E-state index in [0.29, 0.717) is 10.8 Å². The van der Waals surface area contributed by atoms with E-state index in [1.807, 2.05) is 0 Å². The molecule has 3 radical (unpaired) electrons. The Balaban J connectivity index is 0. The fourth-order valence-electron chi connectivity index (χ4n) is 2.07. The smallest absolute Gasteiger partial charge is 0.387 e. The van der Waals surface area contributed by atoms with Crippen molar-refractivity contribution in [1.29, 1.82) is 0 Å². The number of rotatable bonds is 6. The van der Waals surface area contributed by atoms with Gasteiger partial charge in [-0.2, -0.15) is 8.70 Å². The maximum atomic E-state index is 13.3. The van der Waals surface area contributed by atoms with Gasteiger partial charge in [-0.1, -0.05) is 0 Å². The quantitative estimate of drug-likeness (QED) is 0.186. The number of nitrogens with zero attached hydrogens (tertiary/aromatic N) is 1. The summed E-state index contributed by atoms with van der Waals surface area (Å²) >= 11 is 0. The first-order chi connectivity index (χ1) is 11.8. The van der Waals surface area contributed by atoms with Crippen molar-refractivity contribution >= 4 is 72.2 Å². The average Bonchev–Trinajstić information content (AvgIpc) is 2.75. The summed E-state index contributed by atoms with van der Waals surface area (Å²) in [6.07, 6.45) is -6.50. The third-order valence-corrected chi connectivity index (χ3v) is 5.30. The monoisotopic (exact) mass is 443 g/mol. The van der Waals surface area contributed by atoms with Gasteiger partial charge in [0.2, 0.25) is 5.82 Å². The van der Waals surface area contributed by atoms with Crippen molar-refractivity contribution in [3.8, 4) is 0 Å². The van der Waals surface area contributed by atoms with E-state index in [1.165, 1.54) is 0 Å². The summed E-state index contributed by atoms with van der Waals surface area (Å²) in [7, 11) is -10.6. The first-order valence-electron chi connectivity index (χ1n) is 6.57. The van der Waals surface area contributed by atoms with E-state index in [-0.39, 0.29) is 56.6 Å². The molecule has 0 spiro atoms. The van der Waals surface area contributed by atoms with E-state index in [4.69, 9.17) is 19.4 Å². The van der Waals surface area contributed by atoms with Crippen LogP contribution in [0.15, 0.2) is 15.8 Å². The SMILES string of the molecule is O=c1[nH]c(=O)n([C@@H]2O[C@H](COP(=O)(O)OP(=O)(O)O)[C@@H](O)[C@H]2O)cc1F.[Li].[Li].[Li]. The Labute approximate surface area is 197 Å². The molecule has 2 rings (SSSR count). The molecule has 0 saturated carbocycles. The van der Waals surface area contributed by atoms with Gasteiger partial charge in [-0.15, -0.1) is 0 Å². The predicted octanol–water partition coefficient (Wildman–Crippen LogP) is -3.62. The number of aliphatic hydroxyl groups is 2. The molecule has 1 saturated heterocycles. The number of aromatic amines is 1. The van der Waals surface area contributed by atoms with E-state index < -0.39 is 63.9 Å². The van der Waals surface area contributed by atoms with Gasteiger partial charge in [-0.05, 0) is 0 Å². The van der Waals surface area contributed by atoms with Crippen LogP contribution in [-0.2, 0) is 22.7 Å². The van der Waals surface area contributed by atoms with Crippen LogP contribution in [0.3, 0.4) is 0 Å². The molecule has 1 aliphatic rings. The van der Waals surface area contributed by atoms with Gasteiger partial charge in [0.25, 0.3) is 5.56 Å². The minimum absolute atomic E-state index is 0. The zero-order chi connectivity index (χ0) is 19.9. The first-order valence-corrected chi connectivity index (χ1v) is 9.60. The Morgan fingerprint density at radius 1 is 1.14 bits per heavy atom. The molecular weight excluding hydrogens is 430 g/mol. The van der Waals surface area contributed by atoms with Crippen molar-refractivity contribution in [1.82, 2.24) is 9.55 Å². The standard InChI is InChI=1S/C9H13FN2O12P2.3Li/c10-3-1-12(9(16)11-7(3)15)8-6(14)5(13)4(23-8)2-22-26(20,21)24-25(17,18)19;;;/h1,4-6,8,13-14H,2H2,(H,20,21)(H,11,15,16)(H2,17,18,19);;;/t4-,5-,6-,8-;;;/m1.../s1. The number of halogens is 1. The Morgan fingerprint density at radius 3 is 2.21 bits per heavy atom. The second-order valence-electron chi connectivity index (χ2n) is 5.03. The molecule has 1 unspecified atom stereocenters. The summed E-state index contributed by atoms with van der Waals surface area (Å²) in [5.74, 6) is -1.38. The van der Waals surface area contributed by atoms with Crippen molar-refractivity contribution in [3.63, 3.8) is 0 Å². The van der Waals surface area contributed by atoms with Gasteiger partial charge >= 0.3 is 21.3 Å². The Bertz CT molecular complexity index is 892. The number of hydrogen-bond donors (Lipinski definition) is 6. The fourth-order valence-corrected chi connectivity index (χ4v) is 3.67. The molecule has 14 nitrogen and oxygen atoms in total. The Kier molecular flexibility index (Phi) is 13.1. The van der Waals surface area contributed by atoms with Crippen LogP contribution in [0.25, 0.3) is 0 Å². The molecule has 29 heavy (non-hydrogen) atoms. The predicted molar refractivity (Wildman–Crippen MR) is 93.4 cm³/mol. The molecule has 0 aliphatic carbocycles. The topological polar surface area (TPSA) is 218 Å². The number of phosphoric acid groups is 2. The number of phosphoric ester groups is 1. The van der Waals surface area contributed by atoms with Gasteiger partial charge in [0, 0.05) is 56.6 Å². The van der Waals surface area contributed by atoms with Crippen LogP contribution >= 0.6 is 15.6 Å². The van der Waals surface area contributed by atoms with Crippen LogP contribution in [0.1, 0.15) is 6.23 Å². The minimum atomic E-state index is -5.36. The Hall–Kier alpha value is 0.542. The number of H-pyrrole nitrogens is 1. The van der Waals surface area contributed by atoms with Gasteiger partial charge < -0.3 is 29.6 Å². The van der Waals surface area contributed by atoms with Gasteiger partial charge in [0.05, 0.1) is 12.8 Å². The van der Waals surface area contributed by atoms with Crippen LogP contribution < -0.4 is 11.2 Å². The zero-order valence-electron chi connectivity index (χ0n) is 15.4. The average molecular weight is 443 g/mol. The molecule has 0 amide bonds. The largest absolute Gasteiger partial charge is 0.481 e. The minimum Gasteiger partial charge on any atom is -0.387 e. The van der Waals surface area contributed by atoms with Crippen LogP contribution in [0.5, 0.6) is 0 Å². The number of ether oxygens (including phenoxy) is 1. The third kappa shape index (κ3) is 8.53. The van der Waals surface area contributed by atoms with E-state index in [2.05, 4.69) is 8.83 Å². The summed E-state index contributed by atoms with van der Waals surface area (Å²) in [5, 5.41) is 19.7. The van der Waals surface area contributed by atoms with Crippen molar-refractivity contribution < 1.29 is 52.0 Å². The van der Waals surface area contributed by atoms with Crippen molar-refractivity contribution in [3.05, 3.63) is 32.9 Å². The second-order valence-corrected chi connectivity index (χ2v) is 7.86. The normalized spacial score (nSPS) is 25.9. The third-order valence-electron chi connectivity index (χ3n) is 3.15. The summed E-state index contributed by atoms with van der Waals surface area (Å²) in [6.45, 7) is -0.997. The van der Waals surface area contributed by atoms with E-state index in [1.54, 1.807) is 4.98 Å². The molecule has 0 bridgehead atoms. The number of nitrogens with one attached hydrogen (secondary N) is 1. The number of aromatic nitrogens is 2. The first kappa shape index (κ1) is 31.7. The molecule has 6 N–H and O–H groups in total. The summed E-state index contributed by atoms with van der Waals surface area (Å²) in [5.41, 5.74) is -2.50. The Morgan fingerprint density at radius 2 is 1.69 bits per heavy atom. The van der Waals surface area contributed by atoms with E-state index in [0.717, 1.165) is 0 Å². The number of hydrogen-bond acceptors (Lipinski definition) is 9. The van der Waals surface area contributed by atoms with Crippen molar-refractivity contribution in [2.24, 2.45) is 0 Å². The number of aliphatic hydroxyl groups excluding tert-OH is 2. The summed E-state index contributed by atoms with van der Waals surface area (Å²) < 4.78 is 48.4. The van der Waals surface area contributed by atoms with Crippen molar-refractivity contribution in [2.75, 3.05) is 6.61 Å². The zero-order valence-corrected chi connectivity index (χ0v) is 17.2. The van der Waals surface area contributed by atoms with Crippen LogP contribution in [0.4, 0.5) is 4.39 Å². The van der Waals surface area contributed by atoms with Crippen molar-refractivity contribution in [2.45, 2.75) is 24.5 Å². The maximum absolute atomic E-state index is 13.3. The van der Waals surface area contributed by atoms with E-state index >= 15 is 0 Å². The van der Waals surface area contributed by atoms with E-state index in [9.17, 15) is 33.3 Å². The van der Waals surface area contributed by atoms with Gasteiger partial charge in [-0.3, -0.25) is 18.9 Å². The fraction of sp³-hybridized carbons (Fsp3) is 0.556. The van der Waals surface area contributed by atoms with Crippen LogP contribution in [0, 0.1) is 5.82 Å². The molecule has 5 atom stereocenters. The van der Waals surface area contributed by atoms with Gasteiger partial charge in [0.1, 0.15) is 18.3 Å². The molecule has 20 heteroatoms. The molecule has 0 aromatic carbocycles. The molecule has 1 aliphatic heterocycles.